The molecular formula is C16H12FN5O2S2. The molecule has 0 saturated heterocycles. The Morgan fingerprint density at radius 1 is 1.35 bits per heavy atom. The lowest BCUT2D eigenvalue weighted by Gasteiger charge is -2.06. The van der Waals surface area contributed by atoms with Crippen LogP contribution in [-0.4, -0.2) is 30.8 Å². The fourth-order valence-corrected chi connectivity index (χ4v) is 4.15. The van der Waals surface area contributed by atoms with Crippen LogP contribution in [0.3, 0.4) is 0 Å². The molecule has 0 fully saturated rings. The van der Waals surface area contributed by atoms with Gasteiger partial charge in [0.2, 0.25) is 11.7 Å². The van der Waals surface area contributed by atoms with Gasteiger partial charge in [-0.1, -0.05) is 17.8 Å². The third-order valence-electron chi connectivity index (χ3n) is 3.74. The monoisotopic (exact) mass is 389 g/mol. The van der Waals surface area contributed by atoms with Crippen LogP contribution >= 0.6 is 23.1 Å². The number of amides is 1. The van der Waals surface area contributed by atoms with Crippen LogP contribution in [0.5, 0.6) is 0 Å². The fraction of sp³-hybridized carbons (Fsp3) is 0.125. The maximum atomic E-state index is 13.2. The number of benzene rings is 1. The standard InChI is InChI=1S/C16H12FN5O2S2/c1-21-14(24)13-11(5-6-25-13)22-15(21)19-20-16(22)26-8-12(23)18-10-4-2-3-9(17)7-10/h2-7H,8H2,1H3,(H,18,23). The Kier molecular flexibility index (Phi) is 4.21. The number of rotatable bonds is 4. The van der Waals surface area contributed by atoms with E-state index in [4.69, 9.17) is 0 Å². The van der Waals surface area contributed by atoms with Gasteiger partial charge in [-0.15, -0.1) is 21.5 Å². The van der Waals surface area contributed by atoms with Gasteiger partial charge in [-0.3, -0.25) is 18.6 Å². The number of thiophene rings is 1. The molecule has 0 spiro atoms. The molecule has 0 aliphatic heterocycles. The molecule has 26 heavy (non-hydrogen) atoms. The van der Waals surface area contributed by atoms with Crippen LogP contribution in [0.25, 0.3) is 16.0 Å². The molecule has 0 aliphatic carbocycles. The van der Waals surface area contributed by atoms with E-state index in [2.05, 4.69) is 15.5 Å². The fourth-order valence-electron chi connectivity index (χ4n) is 2.56. The van der Waals surface area contributed by atoms with E-state index >= 15 is 0 Å². The second-order valence-corrected chi connectivity index (χ2v) is 7.32. The number of anilines is 1. The zero-order valence-electron chi connectivity index (χ0n) is 13.5. The number of carbonyl (C=O) groups excluding carboxylic acids is 1. The number of carbonyl (C=O) groups is 1. The predicted molar refractivity (Wildman–Crippen MR) is 99.4 cm³/mol. The van der Waals surface area contributed by atoms with Gasteiger partial charge in [0.1, 0.15) is 10.5 Å². The highest BCUT2D eigenvalue weighted by atomic mass is 32.2. The first-order chi connectivity index (χ1) is 12.5. The second-order valence-electron chi connectivity index (χ2n) is 5.46. The number of halogens is 1. The Balaban J connectivity index is 1.60. The van der Waals surface area contributed by atoms with Crippen molar-refractivity contribution < 1.29 is 9.18 Å². The Morgan fingerprint density at radius 3 is 3.00 bits per heavy atom. The van der Waals surface area contributed by atoms with Gasteiger partial charge >= 0.3 is 0 Å². The number of aryl methyl sites for hydroxylation is 1. The van der Waals surface area contributed by atoms with Crippen molar-refractivity contribution in [2.24, 2.45) is 7.05 Å². The average molecular weight is 389 g/mol. The summed E-state index contributed by atoms with van der Waals surface area (Å²) in [6.07, 6.45) is 0. The number of nitrogens with one attached hydrogen (secondary N) is 1. The van der Waals surface area contributed by atoms with E-state index in [1.165, 1.54) is 45.9 Å². The second kappa shape index (κ2) is 6.54. The van der Waals surface area contributed by atoms with Gasteiger partial charge in [0, 0.05) is 12.7 Å². The maximum Gasteiger partial charge on any atom is 0.272 e. The summed E-state index contributed by atoms with van der Waals surface area (Å²) in [6, 6.07) is 7.53. The van der Waals surface area contributed by atoms with Crippen molar-refractivity contribution in [2.75, 3.05) is 11.1 Å². The van der Waals surface area contributed by atoms with E-state index in [9.17, 15) is 14.0 Å². The van der Waals surface area contributed by atoms with Crippen molar-refractivity contribution in [3.05, 3.63) is 51.9 Å². The highest BCUT2D eigenvalue weighted by Crippen LogP contribution is 2.24. The van der Waals surface area contributed by atoms with Crippen LogP contribution in [0.2, 0.25) is 0 Å². The number of hydrogen-bond acceptors (Lipinski definition) is 6. The molecule has 132 valence electrons. The quantitative estimate of drug-likeness (QED) is 0.543. The summed E-state index contributed by atoms with van der Waals surface area (Å²) in [4.78, 5) is 24.4. The Hall–Kier alpha value is -2.72. The normalized spacial score (nSPS) is 11.3. The highest BCUT2D eigenvalue weighted by Gasteiger charge is 2.16. The van der Waals surface area contributed by atoms with E-state index in [0.29, 0.717) is 26.8 Å². The Morgan fingerprint density at radius 2 is 2.19 bits per heavy atom. The minimum absolute atomic E-state index is 0.0752. The topological polar surface area (TPSA) is 81.3 Å². The molecular weight excluding hydrogens is 377 g/mol. The number of aromatic nitrogens is 4. The van der Waals surface area contributed by atoms with Gasteiger partial charge in [-0.25, -0.2) is 4.39 Å². The molecule has 0 radical (unpaired) electrons. The number of thioether (sulfide) groups is 1. The maximum absolute atomic E-state index is 13.2. The molecule has 1 amide bonds. The summed E-state index contributed by atoms with van der Waals surface area (Å²) in [5, 5.41) is 13.1. The molecule has 0 atom stereocenters. The predicted octanol–water partition coefficient (Wildman–Crippen LogP) is 2.51. The van der Waals surface area contributed by atoms with Gasteiger partial charge in [0.05, 0.1) is 11.3 Å². The van der Waals surface area contributed by atoms with Crippen LogP contribution in [0.15, 0.2) is 45.7 Å². The van der Waals surface area contributed by atoms with E-state index in [1.54, 1.807) is 17.5 Å². The van der Waals surface area contributed by atoms with E-state index in [1.807, 2.05) is 11.4 Å². The number of nitrogens with zero attached hydrogens (tertiary/aromatic N) is 4. The molecule has 0 aliphatic rings. The SMILES string of the molecule is Cn1c(=O)c2sccc2n2c(SCC(=O)Nc3cccc(F)c3)nnc12. The number of hydrogen-bond donors (Lipinski definition) is 1. The minimum atomic E-state index is -0.417. The first-order valence-corrected chi connectivity index (χ1v) is 9.40. The summed E-state index contributed by atoms with van der Waals surface area (Å²) >= 11 is 2.54. The molecule has 1 aromatic carbocycles. The van der Waals surface area contributed by atoms with Crippen molar-refractivity contribution in [3.63, 3.8) is 0 Å². The summed E-state index contributed by atoms with van der Waals surface area (Å²) in [6.45, 7) is 0. The van der Waals surface area contributed by atoms with Crippen LogP contribution < -0.4 is 10.9 Å². The van der Waals surface area contributed by atoms with Crippen molar-refractivity contribution >= 4 is 50.7 Å². The van der Waals surface area contributed by atoms with Gasteiger partial charge < -0.3 is 5.32 Å². The van der Waals surface area contributed by atoms with Crippen molar-refractivity contribution in [2.45, 2.75) is 5.16 Å². The lowest BCUT2D eigenvalue weighted by molar-refractivity contribution is -0.113. The van der Waals surface area contributed by atoms with Crippen LogP contribution in [0, 0.1) is 5.82 Å². The smallest absolute Gasteiger partial charge is 0.272 e. The van der Waals surface area contributed by atoms with Gasteiger partial charge in [0.15, 0.2) is 5.16 Å². The zero-order chi connectivity index (χ0) is 18.3. The van der Waals surface area contributed by atoms with E-state index in [0.717, 1.165) is 0 Å². The Bertz CT molecular complexity index is 1200. The summed E-state index contributed by atoms with van der Waals surface area (Å²) in [5.74, 6) is -0.219. The molecule has 1 N–H and O–H groups in total. The summed E-state index contributed by atoms with van der Waals surface area (Å²) < 4.78 is 17.0. The molecule has 0 saturated carbocycles. The van der Waals surface area contributed by atoms with Crippen LogP contribution in [0.1, 0.15) is 0 Å². The minimum Gasteiger partial charge on any atom is -0.325 e. The molecule has 4 rings (SSSR count). The third-order valence-corrected chi connectivity index (χ3v) is 5.56. The largest absolute Gasteiger partial charge is 0.325 e. The van der Waals surface area contributed by atoms with E-state index < -0.39 is 5.82 Å². The zero-order valence-corrected chi connectivity index (χ0v) is 15.1. The van der Waals surface area contributed by atoms with Crippen molar-refractivity contribution in [1.82, 2.24) is 19.2 Å². The van der Waals surface area contributed by atoms with Gasteiger partial charge in [-0.2, -0.15) is 0 Å². The van der Waals surface area contributed by atoms with Gasteiger partial charge in [0.25, 0.3) is 5.56 Å². The van der Waals surface area contributed by atoms with Crippen LogP contribution in [-0.2, 0) is 11.8 Å². The summed E-state index contributed by atoms with van der Waals surface area (Å²) in [7, 11) is 1.64. The molecule has 3 aromatic heterocycles. The molecule has 0 unspecified atom stereocenters. The van der Waals surface area contributed by atoms with Crippen molar-refractivity contribution in [1.29, 1.82) is 0 Å². The molecule has 0 bridgehead atoms. The first kappa shape index (κ1) is 16.7. The Labute approximate surface area is 154 Å². The first-order valence-electron chi connectivity index (χ1n) is 7.54. The summed E-state index contributed by atoms with van der Waals surface area (Å²) in [5.41, 5.74) is 0.978. The molecule has 10 heteroatoms. The lowest BCUT2D eigenvalue weighted by atomic mass is 10.3. The van der Waals surface area contributed by atoms with E-state index in [-0.39, 0.29) is 17.2 Å². The highest BCUT2D eigenvalue weighted by molar-refractivity contribution is 7.99. The third kappa shape index (κ3) is 2.86. The lowest BCUT2D eigenvalue weighted by Crippen LogP contribution is -2.19. The molecule has 4 aromatic rings. The van der Waals surface area contributed by atoms with Crippen molar-refractivity contribution in [3.8, 4) is 0 Å². The molecule has 3 heterocycles. The number of fused-ring (bicyclic) bond motifs is 3. The molecule has 7 nitrogen and oxygen atoms in total. The van der Waals surface area contributed by atoms with Crippen LogP contribution in [0.4, 0.5) is 10.1 Å². The average Bonchev–Trinajstić information content (AvgIpc) is 3.24. The van der Waals surface area contributed by atoms with Gasteiger partial charge in [-0.05, 0) is 29.6 Å².